The van der Waals surface area contributed by atoms with Crippen LogP contribution in [0.15, 0.2) is 12.1 Å². The lowest BCUT2D eigenvalue weighted by Crippen LogP contribution is -2.12. The predicted molar refractivity (Wildman–Crippen MR) is 79.8 cm³/mol. The number of methoxy groups -OCH3 is 3. The fourth-order valence-electron chi connectivity index (χ4n) is 2.00. The van der Waals surface area contributed by atoms with E-state index in [1.165, 1.54) is 0 Å². The quantitative estimate of drug-likeness (QED) is 0.836. The normalized spacial score (nSPS) is 11.4. The summed E-state index contributed by atoms with van der Waals surface area (Å²) in [5.41, 5.74) is 7.16. The second-order valence-electron chi connectivity index (χ2n) is 4.17. The molecule has 0 heterocycles. The Morgan fingerprint density at radius 1 is 1.05 bits per heavy atom. The van der Waals surface area contributed by atoms with Gasteiger partial charge in [0.05, 0.1) is 21.3 Å². The Morgan fingerprint density at radius 2 is 1.68 bits per heavy atom. The van der Waals surface area contributed by atoms with Crippen LogP contribution in [-0.2, 0) is 0 Å². The SMILES string of the molecule is CCCC[C@H](N)c1ccc(OC)c(OC)c1OC.Cl. The second-order valence-corrected chi connectivity index (χ2v) is 4.17. The second kappa shape index (κ2) is 8.88. The smallest absolute Gasteiger partial charge is 0.203 e. The Balaban J connectivity index is 0.00000324. The molecule has 0 saturated heterocycles. The molecule has 0 aromatic heterocycles. The molecule has 0 amide bonds. The van der Waals surface area contributed by atoms with Gasteiger partial charge in [-0.3, -0.25) is 0 Å². The van der Waals surface area contributed by atoms with E-state index < -0.39 is 0 Å². The Bertz CT molecular complexity index is 385. The molecule has 19 heavy (non-hydrogen) atoms. The predicted octanol–water partition coefficient (Wildman–Crippen LogP) is 3.32. The van der Waals surface area contributed by atoms with Crippen LogP contribution < -0.4 is 19.9 Å². The average Bonchev–Trinajstić information content (AvgIpc) is 2.42. The topological polar surface area (TPSA) is 53.7 Å². The van der Waals surface area contributed by atoms with Gasteiger partial charge in [0.15, 0.2) is 11.5 Å². The fourth-order valence-corrected chi connectivity index (χ4v) is 2.00. The molecule has 1 rings (SSSR count). The van der Waals surface area contributed by atoms with Crippen LogP contribution in [0.2, 0.25) is 0 Å². The van der Waals surface area contributed by atoms with E-state index in [0.29, 0.717) is 17.2 Å². The van der Waals surface area contributed by atoms with Crippen molar-refractivity contribution in [3.8, 4) is 17.2 Å². The standard InChI is InChI=1S/C14H23NO3.ClH/c1-5-6-7-11(15)10-8-9-12(16-2)14(18-4)13(10)17-3;/h8-9,11H,5-7,15H2,1-4H3;1H/t11-;/m0./s1. The van der Waals surface area contributed by atoms with Crippen molar-refractivity contribution in [1.82, 2.24) is 0 Å². The molecule has 1 atom stereocenters. The van der Waals surface area contributed by atoms with Crippen molar-refractivity contribution in [2.45, 2.75) is 32.2 Å². The summed E-state index contributed by atoms with van der Waals surface area (Å²) in [6.45, 7) is 2.15. The van der Waals surface area contributed by atoms with Crippen molar-refractivity contribution in [2.24, 2.45) is 5.73 Å². The van der Waals surface area contributed by atoms with Crippen molar-refractivity contribution < 1.29 is 14.2 Å². The highest BCUT2D eigenvalue weighted by Crippen LogP contribution is 2.42. The minimum absolute atomic E-state index is 0. The maximum Gasteiger partial charge on any atom is 0.203 e. The average molecular weight is 290 g/mol. The highest BCUT2D eigenvalue weighted by atomic mass is 35.5. The lowest BCUT2D eigenvalue weighted by atomic mass is 10.0. The van der Waals surface area contributed by atoms with Crippen LogP contribution in [0.25, 0.3) is 0 Å². The number of halogens is 1. The largest absolute Gasteiger partial charge is 0.493 e. The first kappa shape index (κ1) is 17.9. The minimum atomic E-state index is -0.0419. The van der Waals surface area contributed by atoms with Gasteiger partial charge < -0.3 is 19.9 Å². The zero-order chi connectivity index (χ0) is 13.5. The third-order valence-electron chi connectivity index (χ3n) is 3.00. The van der Waals surface area contributed by atoms with E-state index in [2.05, 4.69) is 6.92 Å². The molecule has 0 radical (unpaired) electrons. The molecule has 0 fully saturated rings. The van der Waals surface area contributed by atoms with E-state index >= 15 is 0 Å². The van der Waals surface area contributed by atoms with Gasteiger partial charge in [-0.2, -0.15) is 0 Å². The molecular weight excluding hydrogens is 266 g/mol. The van der Waals surface area contributed by atoms with Gasteiger partial charge in [0, 0.05) is 11.6 Å². The molecule has 2 N–H and O–H groups in total. The summed E-state index contributed by atoms with van der Waals surface area (Å²) < 4.78 is 16.0. The zero-order valence-electron chi connectivity index (χ0n) is 12.1. The summed E-state index contributed by atoms with van der Waals surface area (Å²) in [6.07, 6.45) is 3.16. The maximum atomic E-state index is 6.20. The van der Waals surface area contributed by atoms with E-state index in [0.717, 1.165) is 24.8 Å². The summed E-state index contributed by atoms with van der Waals surface area (Å²) in [6, 6.07) is 3.77. The summed E-state index contributed by atoms with van der Waals surface area (Å²) in [5.74, 6) is 1.92. The summed E-state index contributed by atoms with van der Waals surface area (Å²) >= 11 is 0. The van der Waals surface area contributed by atoms with Gasteiger partial charge in [0.1, 0.15) is 0 Å². The van der Waals surface area contributed by atoms with Crippen molar-refractivity contribution in [2.75, 3.05) is 21.3 Å². The van der Waals surface area contributed by atoms with Crippen molar-refractivity contribution in [3.05, 3.63) is 17.7 Å². The number of hydrogen-bond donors (Lipinski definition) is 1. The van der Waals surface area contributed by atoms with Gasteiger partial charge in [-0.05, 0) is 18.6 Å². The van der Waals surface area contributed by atoms with E-state index in [-0.39, 0.29) is 18.4 Å². The number of benzene rings is 1. The molecule has 1 aromatic carbocycles. The van der Waals surface area contributed by atoms with Gasteiger partial charge in [-0.15, -0.1) is 12.4 Å². The molecule has 110 valence electrons. The van der Waals surface area contributed by atoms with Crippen LogP contribution in [0.5, 0.6) is 17.2 Å². The first-order valence-electron chi connectivity index (χ1n) is 6.24. The third kappa shape index (κ3) is 4.18. The molecule has 5 heteroatoms. The highest BCUT2D eigenvalue weighted by molar-refractivity contribution is 5.85. The third-order valence-corrected chi connectivity index (χ3v) is 3.00. The number of ether oxygens (including phenoxy) is 3. The van der Waals surface area contributed by atoms with Crippen LogP contribution in [0.1, 0.15) is 37.8 Å². The van der Waals surface area contributed by atoms with Crippen LogP contribution >= 0.6 is 12.4 Å². The molecule has 0 unspecified atom stereocenters. The van der Waals surface area contributed by atoms with Crippen LogP contribution in [0.3, 0.4) is 0 Å². The van der Waals surface area contributed by atoms with Crippen LogP contribution in [-0.4, -0.2) is 21.3 Å². The van der Waals surface area contributed by atoms with Crippen molar-refractivity contribution >= 4 is 12.4 Å². The summed E-state index contributed by atoms with van der Waals surface area (Å²) in [4.78, 5) is 0. The molecule has 0 saturated carbocycles. The first-order valence-corrected chi connectivity index (χ1v) is 6.24. The lowest BCUT2D eigenvalue weighted by Gasteiger charge is -2.19. The number of nitrogens with two attached hydrogens (primary N) is 1. The van der Waals surface area contributed by atoms with Crippen LogP contribution in [0.4, 0.5) is 0 Å². The molecule has 0 aliphatic carbocycles. The Labute approximate surface area is 121 Å². The lowest BCUT2D eigenvalue weighted by molar-refractivity contribution is 0.320. The number of rotatable bonds is 7. The van der Waals surface area contributed by atoms with E-state index in [4.69, 9.17) is 19.9 Å². The minimum Gasteiger partial charge on any atom is -0.493 e. The van der Waals surface area contributed by atoms with Gasteiger partial charge >= 0.3 is 0 Å². The highest BCUT2D eigenvalue weighted by Gasteiger charge is 2.19. The molecular formula is C14H24ClNO3. The zero-order valence-corrected chi connectivity index (χ0v) is 12.9. The van der Waals surface area contributed by atoms with E-state index in [9.17, 15) is 0 Å². The van der Waals surface area contributed by atoms with E-state index in [1.807, 2.05) is 12.1 Å². The Hall–Kier alpha value is -1.13. The number of unbranched alkanes of at least 4 members (excludes halogenated alkanes) is 1. The van der Waals surface area contributed by atoms with E-state index in [1.54, 1.807) is 21.3 Å². The molecule has 0 bridgehead atoms. The summed E-state index contributed by atoms with van der Waals surface area (Å²) in [7, 11) is 4.82. The van der Waals surface area contributed by atoms with Gasteiger partial charge in [0.2, 0.25) is 5.75 Å². The molecule has 1 aromatic rings. The molecule has 0 aliphatic heterocycles. The summed E-state index contributed by atoms with van der Waals surface area (Å²) in [5, 5.41) is 0. The monoisotopic (exact) mass is 289 g/mol. The molecule has 0 spiro atoms. The Kier molecular flexibility index (Phi) is 8.35. The fraction of sp³-hybridized carbons (Fsp3) is 0.571. The van der Waals surface area contributed by atoms with Gasteiger partial charge in [-0.25, -0.2) is 0 Å². The molecule has 4 nitrogen and oxygen atoms in total. The van der Waals surface area contributed by atoms with Crippen LogP contribution in [0, 0.1) is 0 Å². The first-order chi connectivity index (χ1) is 8.69. The number of hydrogen-bond acceptors (Lipinski definition) is 4. The molecule has 0 aliphatic rings. The Morgan fingerprint density at radius 3 is 2.16 bits per heavy atom. The van der Waals surface area contributed by atoms with Gasteiger partial charge in [0.25, 0.3) is 0 Å². The van der Waals surface area contributed by atoms with Gasteiger partial charge in [-0.1, -0.05) is 19.8 Å². The van der Waals surface area contributed by atoms with Crippen molar-refractivity contribution in [3.63, 3.8) is 0 Å². The maximum absolute atomic E-state index is 6.20. The van der Waals surface area contributed by atoms with Crippen molar-refractivity contribution in [1.29, 1.82) is 0 Å².